The largest absolute Gasteiger partial charge is 0.353 e. The Labute approximate surface area is 204 Å². The lowest BCUT2D eigenvalue weighted by Gasteiger charge is -2.25. The molecule has 0 atom stereocenters. The molecule has 0 spiro atoms. The van der Waals surface area contributed by atoms with E-state index in [0.29, 0.717) is 30.4 Å². The molecule has 34 heavy (non-hydrogen) atoms. The number of halogens is 1. The monoisotopic (exact) mass is 471 g/mol. The van der Waals surface area contributed by atoms with Gasteiger partial charge in [0.05, 0.1) is 16.6 Å². The van der Waals surface area contributed by atoms with Crippen LogP contribution in [0.1, 0.15) is 27.9 Å². The zero-order valence-electron chi connectivity index (χ0n) is 19.3. The highest BCUT2D eigenvalue weighted by atomic mass is 35.5. The van der Waals surface area contributed by atoms with Gasteiger partial charge >= 0.3 is 0 Å². The van der Waals surface area contributed by atoms with E-state index in [2.05, 4.69) is 48.0 Å². The summed E-state index contributed by atoms with van der Waals surface area (Å²) in [6, 6.07) is 17.8. The maximum absolute atomic E-state index is 13.0. The molecule has 5 rings (SSSR count). The minimum absolute atomic E-state index is 0.0232. The number of rotatable bonds is 3. The Morgan fingerprint density at radius 2 is 1.62 bits per heavy atom. The Morgan fingerprint density at radius 3 is 2.32 bits per heavy atom. The summed E-state index contributed by atoms with van der Waals surface area (Å²) in [5.41, 5.74) is 6.65. The van der Waals surface area contributed by atoms with Crippen molar-refractivity contribution in [1.29, 1.82) is 0 Å². The molecule has 0 radical (unpaired) electrons. The first-order valence-corrected chi connectivity index (χ1v) is 11.9. The highest BCUT2D eigenvalue weighted by Gasteiger charge is 2.24. The summed E-state index contributed by atoms with van der Waals surface area (Å²) in [4.78, 5) is 31.4. The number of amides is 1. The van der Waals surface area contributed by atoms with E-state index in [9.17, 15) is 4.79 Å². The molecule has 2 aromatic carbocycles. The van der Waals surface area contributed by atoms with Crippen LogP contribution in [0.5, 0.6) is 0 Å². The molecule has 1 fully saturated rings. The SMILES string of the molecule is Cc1cc2nc(-c3ccccc3)c(N3CCCN(C(=O)c4ccc(Cl)nc4)CC3)nc2cc1C. The molecule has 0 unspecified atom stereocenters. The summed E-state index contributed by atoms with van der Waals surface area (Å²) in [5.74, 6) is 0.842. The fourth-order valence-electron chi connectivity index (χ4n) is 4.33. The standard InChI is InChI=1S/C27H26ClN5O/c1-18-15-22-23(16-19(18)2)31-26(25(30-22)20-7-4-3-5-8-20)32-11-6-12-33(14-13-32)27(34)21-9-10-24(28)29-17-21/h3-5,7-10,15-17H,6,11-14H2,1-2H3. The molecule has 4 aromatic rings. The average molecular weight is 472 g/mol. The normalized spacial score (nSPS) is 14.3. The summed E-state index contributed by atoms with van der Waals surface area (Å²) in [5, 5.41) is 0.382. The van der Waals surface area contributed by atoms with Crippen molar-refractivity contribution in [2.75, 3.05) is 31.1 Å². The van der Waals surface area contributed by atoms with E-state index in [-0.39, 0.29) is 5.91 Å². The Morgan fingerprint density at radius 1 is 0.882 bits per heavy atom. The lowest BCUT2D eigenvalue weighted by atomic mass is 10.1. The predicted octanol–water partition coefficient (Wildman–Crippen LogP) is 5.31. The highest BCUT2D eigenvalue weighted by molar-refractivity contribution is 6.29. The summed E-state index contributed by atoms with van der Waals surface area (Å²) < 4.78 is 0. The molecule has 0 N–H and O–H groups in total. The van der Waals surface area contributed by atoms with Crippen LogP contribution in [0.4, 0.5) is 5.82 Å². The number of aromatic nitrogens is 3. The van der Waals surface area contributed by atoms with Crippen molar-refractivity contribution in [3.63, 3.8) is 0 Å². The van der Waals surface area contributed by atoms with E-state index in [1.54, 1.807) is 18.3 Å². The van der Waals surface area contributed by atoms with E-state index in [1.807, 2.05) is 23.1 Å². The van der Waals surface area contributed by atoms with Crippen LogP contribution in [-0.4, -0.2) is 51.9 Å². The minimum atomic E-state index is -0.0232. The van der Waals surface area contributed by atoms with Gasteiger partial charge in [0.25, 0.3) is 5.91 Å². The molecule has 6 nitrogen and oxygen atoms in total. The van der Waals surface area contributed by atoms with Crippen LogP contribution >= 0.6 is 11.6 Å². The Balaban J connectivity index is 1.48. The van der Waals surface area contributed by atoms with Gasteiger partial charge in [-0.15, -0.1) is 0 Å². The second-order valence-corrected chi connectivity index (χ2v) is 9.08. The zero-order valence-corrected chi connectivity index (χ0v) is 20.1. The number of anilines is 1. The number of pyridine rings is 1. The number of hydrogen-bond acceptors (Lipinski definition) is 5. The van der Waals surface area contributed by atoms with Crippen LogP contribution in [0.2, 0.25) is 5.15 Å². The number of nitrogens with zero attached hydrogens (tertiary/aromatic N) is 5. The molecule has 2 aromatic heterocycles. The van der Waals surface area contributed by atoms with Gasteiger partial charge in [-0.25, -0.2) is 15.0 Å². The highest BCUT2D eigenvalue weighted by Crippen LogP contribution is 2.31. The number of aryl methyl sites for hydroxylation is 2. The molecule has 0 saturated carbocycles. The first-order chi connectivity index (χ1) is 16.5. The van der Waals surface area contributed by atoms with Gasteiger partial charge in [-0.2, -0.15) is 0 Å². The van der Waals surface area contributed by atoms with E-state index in [1.165, 1.54) is 11.1 Å². The number of hydrogen-bond donors (Lipinski definition) is 0. The molecular weight excluding hydrogens is 446 g/mol. The number of fused-ring (bicyclic) bond motifs is 1. The van der Waals surface area contributed by atoms with E-state index in [4.69, 9.17) is 21.6 Å². The van der Waals surface area contributed by atoms with Crippen molar-refractivity contribution < 1.29 is 4.79 Å². The molecule has 1 amide bonds. The van der Waals surface area contributed by atoms with Crippen molar-refractivity contribution in [1.82, 2.24) is 19.9 Å². The summed E-state index contributed by atoms with van der Waals surface area (Å²) in [7, 11) is 0. The summed E-state index contributed by atoms with van der Waals surface area (Å²) >= 11 is 5.88. The van der Waals surface area contributed by atoms with Crippen LogP contribution in [0.25, 0.3) is 22.3 Å². The van der Waals surface area contributed by atoms with Gasteiger partial charge in [0.1, 0.15) is 10.8 Å². The van der Waals surface area contributed by atoms with E-state index < -0.39 is 0 Å². The molecule has 172 valence electrons. The maximum Gasteiger partial charge on any atom is 0.255 e. The van der Waals surface area contributed by atoms with Crippen molar-refractivity contribution >= 4 is 34.4 Å². The Bertz CT molecular complexity index is 1340. The maximum atomic E-state index is 13.0. The lowest BCUT2D eigenvalue weighted by Crippen LogP contribution is -2.35. The van der Waals surface area contributed by atoms with Crippen LogP contribution in [0.15, 0.2) is 60.8 Å². The van der Waals surface area contributed by atoms with Crippen molar-refractivity contribution in [3.8, 4) is 11.3 Å². The number of carbonyl (C=O) groups is 1. The molecule has 1 saturated heterocycles. The Kier molecular flexibility index (Phi) is 6.16. The van der Waals surface area contributed by atoms with Gasteiger partial charge in [-0.3, -0.25) is 4.79 Å². The smallest absolute Gasteiger partial charge is 0.255 e. The Hall–Kier alpha value is -3.51. The first-order valence-electron chi connectivity index (χ1n) is 11.5. The van der Waals surface area contributed by atoms with Gasteiger partial charge in [0.15, 0.2) is 5.82 Å². The van der Waals surface area contributed by atoms with Crippen LogP contribution in [0.3, 0.4) is 0 Å². The van der Waals surface area contributed by atoms with E-state index in [0.717, 1.165) is 41.1 Å². The van der Waals surface area contributed by atoms with Crippen molar-refractivity contribution in [2.24, 2.45) is 0 Å². The third-order valence-electron chi connectivity index (χ3n) is 6.37. The molecule has 1 aliphatic heterocycles. The third kappa shape index (κ3) is 4.46. The molecule has 7 heteroatoms. The van der Waals surface area contributed by atoms with Crippen LogP contribution in [-0.2, 0) is 0 Å². The van der Waals surface area contributed by atoms with Gasteiger partial charge < -0.3 is 9.80 Å². The van der Waals surface area contributed by atoms with Crippen LogP contribution < -0.4 is 4.90 Å². The van der Waals surface area contributed by atoms with Crippen molar-refractivity contribution in [2.45, 2.75) is 20.3 Å². The molecule has 1 aliphatic rings. The molecule has 3 heterocycles. The first kappa shape index (κ1) is 22.3. The average Bonchev–Trinajstić information content (AvgIpc) is 3.11. The van der Waals surface area contributed by atoms with Crippen molar-refractivity contribution in [3.05, 3.63) is 82.6 Å². The number of benzene rings is 2. The fourth-order valence-corrected chi connectivity index (χ4v) is 4.44. The topological polar surface area (TPSA) is 62.2 Å². The molecule has 0 bridgehead atoms. The van der Waals surface area contributed by atoms with Gasteiger partial charge in [-0.1, -0.05) is 41.9 Å². The predicted molar refractivity (Wildman–Crippen MR) is 136 cm³/mol. The van der Waals surface area contributed by atoms with E-state index >= 15 is 0 Å². The zero-order chi connectivity index (χ0) is 23.7. The summed E-state index contributed by atoms with van der Waals surface area (Å²) in [6.07, 6.45) is 2.38. The minimum Gasteiger partial charge on any atom is -0.353 e. The van der Waals surface area contributed by atoms with Gasteiger partial charge in [0.2, 0.25) is 0 Å². The quantitative estimate of drug-likeness (QED) is 0.379. The molecule has 0 aliphatic carbocycles. The van der Waals surface area contributed by atoms with Gasteiger partial charge in [-0.05, 0) is 55.7 Å². The second kappa shape index (κ2) is 9.39. The molecular formula is C27H26ClN5O. The second-order valence-electron chi connectivity index (χ2n) is 8.69. The van der Waals surface area contributed by atoms with Gasteiger partial charge in [0, 0.05) is 37.9 Å². The fraction of sp³-hybridized carbons (Fsp3) is 0.259. The third-order valence-corrected chi connectivity index (χ3v) is 6.59. The lowest BCUT2D eigenvalue weighted by molar-refractivity contribution is 0.0766. The summed E-state index contributed by atoms with van der Waals surface area (Å²) in [6.45, 7) is 6.96. The van der Waals surface area contributed by atoms with Crippen LogP contribution in [0, 0.1) is 13.8 Å². The number of carbonyl (C=O) groups excluding carboxylic acids is 1.